The summed E-state index contributed by atoms with van der Waals surface area (Å²) in [4.78, 5) is 11.6. The van der Waals surface area contributed by atoms with Gasteiger partial charge in [0.25, 0.3) is 0 Å². The first-order chi connectivity index (χ1) is 9.26. The SMILES string of the molecule is CCCS(=O)(=O)Nc1cccc(NC(=O)[C@H](C)N)c1C.Cl. The summed E-state index contributed by atoms with van der Waals surface area (Å²) in [6.45, 7) is 5.12. The maximum Gasteiger partial charge on any atom is 0.241 e. The van der Waals surface area contributed by atoms with E-state index in [2.05, 4.69) is 10.0 Å². The number of carbonyl (C=O) groups is 1. The highest BCUT2D eigenvalue weighted by molar-refractivity contribution is 7.92. The largest absolute Gasteiger partial charge is 0.324 e. The number of nitrogens with one attached hydrogen (secondary N) is 2. The fourth-order valence-corrected chi connectivity index (χ4v) is 2.81. The molecule has 0 aliphatic carbocycles. The van der Waals surface area contributed by atoms with Gasteiger partial charge in [-0.15, -0.1) is 12.4 Å². The lowest BCUT2D eigenvalue weighted by Crippen LogP contribution is -2.32. The molecule has 0 bridgehead atoms. The summed E-state index contributed by atoms with van der Waals surface area (Å²) in [5.74, 6) is -0.260. The van der Waals surface area contributed by atoms with Gasteiger partial charge in [-0.3, -0.25) is 9.52 Å². The lowest BCUT2D eigenvalue weighted by atomic mass is 10.1. The average molecular weight is 336 g/mol. The zero-order valence-electron chi connectivity index (χ0n) is 12.3. The first-order valence-electron chi connectivity index (χ1n) is 6.43. The summed E-state index contributed by atoms with van der Waals surface area (Å²) >= 11 is 0. The Morgan fingerprint density at radius 3 is 2.43 bits per heavy atom. The highest BCUT2D eigenvalue weighted by Gasteiger charge is 2.14. The van der Waals surface area contributed by atoms with Crippen LogP contribution >= 0.6 is 12.4 Å². The lowest BCUT2D eigenvalue weighted by molar-refractivity contribution is -0.117. The van der Waals surface area contributed by atoms with E-state index in [1.165, 1.54) is 0 Å². The van der Waals surface area contributed by atoms with Crippen LogP contribution in [0.2, 0.25) is 0 Å². The maximum absolute atomic E-state index is 11.8. The van der Waals surface area contributed by atoms with Crippen molar-refractivity contribution in [3.05, 3.63) is 23.8 Å². The van der Waals surface area contributed by atoms with E-state index < -0.39 is 16.1 Å². The molecule has 120 valence electrons. The monoisotopic (exact) mass is 335 g/mol. The molecule has 6 nitrogen and oxygen atoms in total. The van der Waals surface area contributed by atoms with Gasteiger partial charge in [-0.1, -0.05) is 13.0 Å². The van der Waals surface area contributed by atoms with E-state index in [1.54, 1.807) is 39.0 Å². The van der Waals surface area contributed by atoms with Crippen LogP contribution in [0.25, 0.3) is 0 Å². The minimum absolute atomic E-state index is 0. The molecule has 0 saturated heterocycles. The van der Waals surface area contributed by atoms with Gasteiger partial charge in [-0.2, -0.15) is 0 Å². The number of halogens is 1. The Kier molecular flexibility index (Phi) is 7.70. The smallest absolute Gasteiger partial charge is 0.241 e. The molecule has 1 aromatic carbocycles. The lowest BCUT2D eigenvalue weighted by Gasteiger charge is -2.15. The third-order valence-corrected chi connectivity index (χ3v) is 4.22. The topological polar surface area (TPSA) is 101 Å². The van der Waals surface area contributed by atoms with Crippen molar-refractivity contribution in [2.75, 3.05) is 15.8 Å². The molecule has 1 amide bonds. The summed E-state index contributed by atoms with van der Waals surface area (Å²) in [6.07, 6.45) is 0.537. The Labute approximate surface area is 132 Å². The van der Waals surface area contributed by atoms with Crippen LogP contribution in [0.15, 0.2) is 18.2 Å². The number of hydrogen-bond donors (Lipinski definition) is 3. The van der Waals surface area contributed by atoms with Crippen molar-refractivity contribution in [3.8, 4) is 0 Å². The second-order valence-electron chi connectivity index (χ2n) is 4.68. The van der Waals surface area contributed by atoms with Gasteiger partial charge < -0.3 is 11.1 Å². The van der Waals surface area contributed by atoms with Crippen LogP contribution in [-0.2, 0) is 14.8 Å². The van der Waals surface area contributed by atoms with E-state index in [0.717, 1.165) is 0 Å². The van der Waals surface area contributed by atoms with Gasteiger partial charge in [0.2, 0.25) is 15.9 Å². The average Bonchev–Trinajstić information content (AvgIpc) is 2.33. The number of rotatable bonds is 6. The zero-order valence-corrected chi connectivity index (χ0v) is 14.0. The number of hydrogen-bond acceptors (Lipinski definition) is 4. The molecule has 0 aliphatic rings. The van der Waals surface area contributed by atoms with Crippen LogP contribution in [0.4, 0.5) is 11.4 Å². The summed E-state index contributed by atoms with van der Waals surface area (Å²) in [5.41, 5.74) is 7.15. The predicted molar refractivity (Wildman–Crippen MR) is 88.4 cm³/mol. The van der Waals surface area contributed by atoms with Crippen LogP contribution in [0.1, 0.15) is 25.8 Å². The maximum atomic E-state index is 11.8. The third-order valence-electron chi connectivity index (χ3n) is 2.74. The van der Waals surface area contributed by atoms with Crippen LogP contribution in [0.5, 0.6) is 0 Å². The number of sulfonamides is 1. The molecular formula is C13H22ClN3O3S. The molecule has 0 heterocycles. The molecule has 8 heteroatoms. The normalized spacial score (nSPS) is 12.2. The van der Waals surface area contributed by atoms with Crippen molar-refractivity contribution in [1.29, 1.82) is 0 Å². The predicted octanol–water partition coefficient (Wildman–Crippen LogP) is 1.85. The van der Waals surface area contributed by atoms with Crippen molar-refractivity contribution in [3.63, 3.8) is 0 Å². The van der Waals surface area contributed by atoms with E-state index in [1.807, 2.05) is 0 Å². The Morgan fingerprint density at radius 1 is 1.33 bits per heavy atom. The molecule has 0 radical (unpaired) electrons. The summed E-state index contributed by atoms with van der Waals surface area (Å²) in [5, 5.41) is 2.67. The van der Waals surface area contributed by atoms with Crippen molar-refractivity contribution in [2.45, 2.75) is 33.2 Å². The minimum Gasteiger partial charge on any atom is -0.324 e. The first kappa shape index (κ1) is 19.7. The van der Waals surface area contributed by atoms with Crippen molar-refractivity contribution >= 4 is 39.7 Å². The molecule has 21 heavy (non-hydrogen) atoms. The van der Waals surface area contributed by atoms with Crippen molar-refractivity contribution in [2.24, 2.45) is 5.73 Å². The molecule has 0 fully saturated rings. The first-order valence-corrected chi connectivity index (χ1v) is 8.08. The van der Waals surface area contributed by atoms with E-state index in [0.29, 0.717) is 23.4 Å². The molecule has 0 unspecified atom stereocenters. The highest BCUT2D eigenvalue weighted by atomic mass is 35.5. The van der Waals surface area contributed by atoms with Crippen LogP contribution in [0.3, 0.4) is 0 Å². The van der Waals surface area contributed by atoms with Gasteiger partial charge in [-0.25, -0.2) is 8.42 Å². The van der Waals surface area contributed by atoms with Gasteiger partial charge in [0.15, 0.2) is 0 Å². The standard InChI is InChI=1S/C13H21N3O3S.ClH/c1-4-8-20(18,19)16-12-7-5-6-11(9(12)2)15-13(17)10(3)14;/h5-7,10,16H,4,8,14H2,1-3H3,(H,15,17);1H/t10-;/m0./s1. The number of carbonyl (C=O) groups excluding carboxylic acids is 1. The quantitative estimate of drug-likeness (QED) is 0.738. The molecule has 0 aliphatic heterocycles. The Hall–Kier alpha value is -1.31. The van der Waals surface area contributed by atoms with Gasteiger partial charge >= 0.3 is 0 Å². The highest BCUT2D eigenvalue weighted by Crippen LogP contribution is 2.24. The van der Waals surface area contributed by atoms with E-state index >= 15 is 0 Å². The molecular weight excluding hydrogens is 314 g/mol. The van der Waals surface area contributed by atoms with Crippen molar-refractivity contribution in [1.82, 2.24) is 0 Å². The van der Waals surface area contributed by atoms with Gasteiger partial charge in [0.05, 0.1) is 17.5 Å². The second kappa shape index (κ2) is 8.21. The molecule has 1 aromatic rings. The fraction of sp³-hybridized carbons (Fsp3) is 0.462. The summed E-state index contributed by atoms with van der Waals surface area (Å²) in [6, 6.07) is 4.40. The minimum atomic E-state index is -3.36. The Balaban J connectivity index is 0.00000400. The summed E-state index contributed by atoms with van der Waals surface area (Å²) in [7, 11) is -3.36. The molecule has 0 aromatic heterocycles. The molecule has 0 saturated carbocycles. The van der Waals surface area contributed by atoms with Gasteiger partial charge in [0.1, 0.15) is 0 Å². The van der Waals surface area contributed by atoms with E-state index in [9.17, 15) is 13.2 Å². The molecule has 4 N–H and O–H groups in total. The number of benzene rings is 1. The second-order valence-corrected chi connectivity index (χ2v) is 6.52. The van der Waals surface area contributed by atoms with Crippen molar-refractivity contribution < 1.29 is 13.2 Å². The Morgan fingerprint density at radius 2 is 1.90 bits per heavy atom. The van der Waals surface area contributed by atoms with E-state index in [4.69, 9.17) is 5.73 Å². The van der Waals surface area contributed by atoms with Gasteiger partial charge in [0, 0.05) is 5.69 Å². The number of nitrogens with two attached hydrogens (primary N) is 1. The summed E-state index contributed by atoms with van der Waals surface area (Å²) < 4.78 is 26.1. The molecule has 1 atom stereocenters. The van der Waals surface area contributed by atoms with Crippen LogP contribution < -0.4 is 15.8 Å². The molecule has 1 rings (SSSR count). The fourth-order valence-electron chi connectivity index (χ4n) is 1.62. The number of anilines is 2. The molecule has 0 spiro atoms. The van der Waals surface area contributed by atoms with E-state index in [-0.39, 0.29) is 24.1 Å². The number of amides is 1. The van der Waals surface area contributed by atoms with Crippen LogP contribution in [0, 0.1) is 6.92 Å². The van der Waals surface area contributed by atoms with Crippen LogP contribution in [-0.4, -0.2) is 26.1 Å². The Bertz CT molecular complexity index is 588. The van der Waals surface area contributed by atoms with Gasteiger partial charge in [-0.05, 0) is 38.0 Å². The third kappa shape index (κ3) is 5.91. The zero-order chi connectivity index (χ0) is 15.3.